The Hall–Kier alpha value is -2.24. The standard InChI is InChI=1S/C15H20N2O4.2H2/c1-9-12(17-14(19)21-15(2,3)4)13(18)16-10-7-5-6-8-11(10)20-9;;/h5-9,12H,1-4H3,(H,16,18)(H,17,19);2*1H/t9-,12+;;/m1../s1. The number of anilines is 1. The number of alkyl carbamates (subject to hydrolysis) is 1. The van der Waals surface area contributed by atoms with Gasteiger partial charge in [0.2, 0.25) is 0 Å². The van der Waals surface area contributed by atoms with Gasteiger partial charge in [0.1, 0.15) is 23.5 Å². The van der Waals surface area contributed by atoms with Gasteiger partial charge in [0, 0.05) is 2.85 Å². The smallest absolute Gasteiger partial charge is 0.408 e. The molecule has 0 radical (unpaired) electrons. The third-order valence-electron chi connectivity index (χ3n) is 2.88. The molecule has 1 aromatic rings. The van der Waals surface area contributed by atoms with Crippen molar-refractivity contribution in [1.29, 1.82) is 0 Å². The first kappa shape index (κ1) is 15.2. The van der Waals surface area contributed by atoms with Gasteiger partial charge < -0.3 is 20.1 Å². The van der Waals surface area contributed by atoms with Crippen LogP contribution in [0, 0.1) is 0 Å². The summed E-state index contributed by atoms with van der Waals surface area (Å²) in [6, 6.07) is 6.30. The van der Waals surface area contributed by atoms with Gasteiger partial charge in [-0.1, -0.05) is 12.1 Å². The summed E-state index contributed by atoms with van der Waals surface area (Å²) in [7, 11) is 0. The number of nitrogens with one attached hydrogen (secondary N) is 2. The molecule has 2 N–H and O–H groups in total. The van der Waals surface area contributed by atoms with Gasteiger partial charge >= 0.3 is 6.09 Å². The van der Waals surface area contributed by atoms with Crippen molar-refractivity contribution in [3.63, 3.8) is 0 Å². The predicted octanol–water partition coefficient (Wildman–Crippen LogP) is 2.79. The average molecular weight is 296 g/mol. The van der Waals surface area contributed by atoms with E-state index >= 15 is 0 Å². The summed E-state index contributed by atoms with van der Waals surface area (Å²) in [5.41, 5.74) is -0.0407. The third-order valence-corrected chi connectivity index (χ3v) is 2.88. The van der Waals surface area contributed by atoms with Crippen LogP contribution in [-0.4, -0.2) is 29.7 Å². The number of amides is 2. The van der Waals surface area contributed by atoms with Crippen molar-refractivity contribution in [2.45, 2.75) is 45.4 Å². The van der Waals surface area contributed by atoms with Gasteiger partial charge in [0.25, 0.3) is 5.91 Å². The molecule has 6 nitrogen and oxygen atoms in total. The molecular formula is C15H24N2O4. The van der Waals surface area contributed by atoms with Gasteiger partial charge in [-0.15, -0.1) is 0 Å². The normalized spacial score (nSPS) is 21.4. The van der Waals surface area contributed by atoms with Crippen LogP contribution in [0.3, 0.4) is 0 Å². The minimum absolute atomic E-state index is 0. The van der Waals surface area contributed by atoms with Crippen LogP contribution in [0.2, 0.25) is 0 Å². The summed E-state index contributed by atoms with van der Waals surface area (Å²) in [6.45, 7) is 7.00. The highest BCUT2D eigenvalue weighted by Gasteiger charge is 2.33. The van der Waals surface area contributed by atoms with E-state index in [-0.39, 0.29) is 8.76 Å². The fourth-order valence-corrected chi connectivity index (χ4v) is 1.98. The van der Waals surface area contributed by atoms with Crippen LogP contribution in [0.4, 0.5) is 10.5 Å². The highest BCUT2D eigenvalue weighted by atomic mass is 16.6. The molecule has 1 aliphatic rings. The van der Waals surface area contributed by atoms with Crippen LogP contribution in [0.1, 0.15) is 30.5 Å². The molecule has 1 aliphatic heterocycles. The molecule has 0 spiro atoms. The molecule has 0 aliphatic carbocycles. The lowest BCUT2D eigenvalue weighted by molar-refractivity contribution is -0.119. The third kappa shape index (κ3) is 3.87. The van der Waals surface area contributed by atoms with Gasteiger partial charge in [-0.25, -0.2) is 4.79 Å². The van der Waals surface area contributed by atoms with Gasteiger partial charge in [-0.3, -0.25) is 4.79 Å². The lowest BCUT2D eigenvalue weighted by Crippen LogP contribution is -2.51. The summed E-state index contributed by atoms with van der Waals surface area (Å²) in [5.74, 6) is 0.241. The molecule has 0 unspecified atom stereocenters. The lowest BCUT2D eigenvalue weighted by atomic mass is 10.1. The largest absolute Gasteiger partial charge is 0.486 e. The zero-order valence-electron chi connectivity index (χ0n) is 12.6. The van der Waals surface area contributed by atoms with Gasteiger partial charge in [0.05, 0.1) is 5.69 Å². The van der Waals surface area contributed by atoms with Crippen molar-refractivity contribution < 1.29 is 21.9 Å². The first-order valence-corrected chi connectivity index (χ1v) is 6.82. The Morgan fingerprint density at radius 2 is 2.05 bits per heavy atom. The van der Waals surface area contributed by atoms with E-state index in [1.165, 1.54) is 0 Å². The van der Waals surface area contributed by atoms with Crippen molar-refractivity contribution in [3.05, 3.63) is 24.3 Å². The van der Waals surface area contributed by atoms with Crippen LogP contribution >= 0.6 is 0 Å². The number of benzene rings is 1. The van der Waals surface area contributed by atoms with E-state index in [4.69, 9.17) is 9.47 Å². The zero-order chi connectivity index (χ0) is 15.6. The van der Waals surface area contributed by atoms with E-state index in [0.29, 0.717) is 11.4 Å². The van der Waals surface area contributed by atoms with Crippen molar-refractivity contribution >= 4 is 17.7 Å². The minimum Gasteiger partial charge on any atom is -0.486 e. The molecule has 2 amide bonds. The molecule has 6 heteroatoms. The molecule has 2 atom stereocenters. The number of rotatable bonds is 1. The number of para-hydroxylation sites is 2. The van der Waals surface area contributed by atoms with Crippen molar-refractivity contribution in [2.75, 3.05) is 5.32 Å². The topological polar surface area (TPSA) is 76.7 Å². The Balaban J connectivity index is 0.00000242. The fourth-order valence-electron chi connectivity index (χ4n) is 1.98. The molecule has 0 fully saturated rings. The fraction of sp³-hybridized carbons (Fsp3) is 0.467. The maximum absolute atomic E-state index is 12.2. The van der Waals surface area contributed by atoms with E-state index in [1.54, 1.807) is 45.9 Å². The van der Waals surface area contributed by atoms with Crippen LogP contribution in [0.5, 0.6) is 5.75 Å². The Bertz CT molecular complexity index is 561. The SMILES string of the molecule is C[C@H]1Oc2ccccc2NC(=O)[C@H]1NC(=O)OC(C)(C)C.[HH].[HH]. The van der Waals surface area contributed by atoms with Crippen molar-refractivity contribution in [2.24, 2.45) is 0 Å². The maximum Gasteiger partial charge on any atom is 0.408 e. The summed E-state index contributed by atoms with van der Waals surface area (Å²) in [6.07, 6.45) is -1.16. The summed E-state index contributed by atoms with van der Waals surface area (Å²) in [4.78, 5) is 24.1. The Morgan fingerprint density at radius 1 is 1.38 bits per heavy atom. The molecule has 2 rings (SSSR count). The molecule has 1 aromatic carbocycles. The van der Waals surface area contributed by atoms with Crippen LogP contribution in [0.15, 0.2) is 24.3 Å². The molecule has 1 heterocycles. The second-order valence-electron chi connectivity index (χ2n) is 5.93. The molecule has 0 saturated carbocycles. The van der Waals surface area contributed by atoms with Gasteiger partial charge in [-0.05, 0) is 39.8 Å². The molecule has 0 aromatic heterocycles. The summed E-state index contributed by atoms with van der Waals surface area (Å²) in [5, 5.41) is 5.29. The zero-order valence-corrected chi connectivity index (χ0v) is 12.6. The minimum atomic E-state index is -0.827. The Morgan fingerprint density at radius 3 is 2.71 bits per heavy atom. The Kier molecular flexibility index (Phi) is 4.06. The number of ether oxygens (including phenoxy) is 2. The molecule has 0 bridgehead atoms. The maximum atomic E-state index is 12.2. The van der Waals surface area contributed by atoms with E-state index < -0.39 is 23.8 Å². The van der Waals surface area contributed by atoms with E-state index in [9.17, 15) is 9.59 Å². The van der Waals surface area contributed by atoms with Crippen molar-refractivity contribution in [1.82, 2.24) is 5.32 Å². The highest BCUT2D eigenvalue weighted by molar-refractivity contribution is 5.98. The van der Waals surface area contributed by atoms with Gasteiger partial charge in [0.15, 0.2) is 0 Å². The van der Waals surface area contributed by atoms with E-state index in [2.05, 4.69) is 10.6 Å². The molecule has 21 heavy (non-hydrogen) atoms. The first-order chi connectivity index (χ1) is 9.76. The number of carbonyl (C=O) groups is 2. The number of fused-ring (bicyclic) bond motifs is 1. The monoisotopic (exact) mass is 296 g/mol. The average Bonchev–Trinajstić information content (AvgIpc) is 2.46. The number of hydrogen-bond acceptors (Lipinski definition) is 4. The van der Waals surface area contributed by atoms with E-state index in [0.717, 1.165) is 0 Å². The van der Waals surface area contributed by atoms with Crippen LogP contribution < -0.4 is 15.4 Å². The second kappa shape index (κ2) is 5.63. The van der Waals surface area contributed by atoms with E-state index in [1.807, 2.05) is 6.07 Å². The van der Waals surface area contributed by atoms with Gasteiger partial charge in [-0.2, -0.15) is 0 Å². The summed E-state index contributed by atoms with van der Waals surface area (Å²) >= 11 is 0. The molecular weight excluding hydrogens is 272 g/mol. The first-order valence-electron chi connectivity index (χ1n) is 6.82. The number of carbonyl (C=O) groups excluding carboxylic acids is 2. The molecule has 118 valence electrons. The number of hydrogen-bond donors (Lipinski definition) is 2. The lowest BCUT2D eigenvalue weighted by Gasteiger charge is -2.24. The van der Waals surface area contributed by atoms with Crippen LogP contribution in [0.25, 0.3) is 0 Å². The summed E-state index contributed by atoms with van der Waals surface area (Å²) < 4.78 is 10.9. The predicted molar refractivity (Wildman–Crippen MR) is 82.5 cm³/mol. The Labute approximate surface area is 126 Å². The van der Waals surface area contributed by atoms with Crippen molar-refractivity contribution in [3.8, 4) is 5.75 Å². The highest BCUT2D eigenvalue weighted by Crippen LogP contribution is 2.28. The van der Waals surface area contributed by atoms with Crippen LogP contribution in [-0.2, 0) is 9.53 Å². The molecule has 0 saturated heterocycles. The second-order valence-corrected chi connectivity index (χ2v) is 5.93. The quantitative estimate of drug-likeness (QED) is 0.835.